The SMILES string of the molecule is COc1ccc(SCCC(=O)N2CCN(Cc3cc(C)no3)CC2)cc1. The van der Waals surface area contributed by atoms with Gasteiger partial charge in [-0.25, -0.2) is 0 Å². The Labute approximate surface area is 158 Å². The van der Waals surface area contributed by atoms with Crippen molar-refractivity contribution in [3.63, 3.8) is 0 Å². The number of aromatic nitrogens is 1. The lowest BCUT2D eigenvalue weighted by atomic mass is 10.2. The van der Waals surface area contributed by atoms with E-state index in [0.29, 0.717) is 6.42 Å². The molecule has 0 spiro atoms. The van der Waals surface area contributed by atoms with Gasteiger partial charge in [0.05, 0.1) is 19.3 Å². The van der Waals surface area contributed by atoms with Crippen LogP contribution in [0.3, 0.4) is 0 Å². The summed E-state index contributed by atoms with van der Waals surface area (Å²) in [6, 6.07) is 9.91. The molecule has 2 heterocycles. The molecule has 1 fully saturated rings. The first-order valence-corrected chi connectivity index (χ1v) is 9.82. The summed E-state index contributed by atoms with van der Waals surface area (Å²) in [6.45, 7) is 5.98. The van der Waals surface area contributed by atoms with Crippen LogP contribution in [-0.2, 0) is 11.3 Å². The molecular weight excluding hydrogens is 350 g/mol. The molecule has 7 heteroatoms. The fourth-order valence-electron chi connectivity index (χ4n) is 2.95. The normalized spacial score (nSPS) is 15.2. The lowest BCUT2D eigenvalue weighted by molar-refractivity contribution is -0.132. The predicted octanol–water partition coefficient (Wildman–Crippen LogP) is 2.82. The van der Waals surface area contributed by atoms with Crippen LogP contribution in [0.1, 0.15) is 17.9 Å². The van der Waals surface area contributed by atoms with Crippen LogP contribution in [0.2, 0.25) is 0 Å². The van der Waals surface area contributed by atoms with E-state index in [1.165, 1.54) is 0 Å². The lowest BCUT2D eigenvalue weighted by Gasteiger charge is -2.34. The van der Waals surface area contributed by atoms with E-state index >= 15 is 0 Å². The Morgan fingerprint density at radius 3 is 2.58 bits per heavy atom. The Morgan fingerprint density at radius 2 is 1.96 bits per heavy atom. The van der Waals surface area contributed by atoms with Crippen molar-refractivity contribution in [2.45, 2.75) is 24.8 Å². The molecule has 26 heavy (non-hydrogen) atoms. The molecule has 0 atom stereocenters. The van der Waals surface area contributed by atoms with E-state index in [4.69, 9.17) is 9.26 Å². The summed E-state index contributed by atoms with van der Waals surface area (Å²) in [5.41, 5.74) is 0.906. The maximum atomic E-state index is 12.4. The molecule has 1 aliphatic heterocycles. The summed E-state index contributed by atoms with van der Waals surface area (Å²) in [5.74, 6) is 2.77. The topological polar surface area (TPSA) is 58.8 Å². The average Bonchev–Trinajstić information content (AvgIpc) is 3.07. The highest BCUT2D eigenvalue weighted by Crippen LogP contribution is 2.22. The molecule has 1 aliphatic rings. The van der Waals surface area contributed by atoms with Crippen molar-refractivity contribution in [3.05, 3.63) is 41.8 Å². The van der Waals surface area contributed by atoms with Gasteiger partial charge in [0, 0.05) is 49.3 Å². The minimum atomic E-state index is 0.237. The van der Waals surface area contributed by atoms with E-state index in [0.717, 1.165) is 60.6 Å². The monoisotopic (exact) mass is 375 g/mol. The first-order valence-electron chi connectivity index (χ1n) is 8.83. The lowest BCUT2D eigenvalue weighted by Crippen LogP contribution is -2.48. The second-order valence-electron chi connectivity index (χ2n) is 6.37. The number of carbonyl (C=O) groups excluding carboxylic acids is 1. The quantitative estimate of drug-likeness (QED) is 0.694. The van der Waals surface area contributed by atoms with Crippen LogP contribution in [0.5, 0.6) is 5.75 Å². The molecule has 0 N–H and O–H groups in total. The molecular formula is C19H25N3O3S. The van der Waals surface area contributed by atoms with Crippen molar-refractivity contribution in [1.29, 1.82) is 0 Å². The summed E-state index contributed by atoms with van der Waals surface area (Å²) in [5, 5.41) is 3.92. The van der Waals surface area contributed by atoms with Crippen molar-refractivity contribution in [2.75, 3.05) is 39.0 Å². The molecule has 0 saturated carbocycles. The first-order chi connectivity index (χ1) is 12.6. The molecule has 6 nitrogen and oxygen atoms in total. The number of benzene rings is 1. The van der Waals surface area contributed by atoms with E-state index in [9.17, 15) is 4.79 Å². The Bertz CT molecular complexity index is 709. The van der Waals surface area contributed by atoms with Gasteiger partial charge in [-0.2, -0.15) is 0 Å². The number of aryl methyl sites for hydroxylation is 1. The van der Waals surface area contributed by atoms with Crippen molar-refractivity contribution >= 4 is 17.7 Å². The van der Waals surface area contributed by atoms with Crippen molar-refractivity contribution in [3.8, 4) is 5.75 Å². The molecule has 2 aromatic rings. The van der Waals surface area contributed by atoms with E-state index in [1.54, 1.807) is 18.9 Å². The second kappa shape index (κ2) is 9.09. The summed E-state index contributed by atoms with van der Waals surface area (Å²) in [4.78, 5) is 17.8. The molecule has 0 radical (unpaired) electrons. The molecule has 0 unspecified atom stereocenters. The zero-order chi connectivity index (χ0) is 18.4. The third-order valence-electron chi connectivity index (χ3n) is 4.43. The number of ether oxygens (including phenoxy) is 1. The summed E-state index contributed by atoms with van der Waals surface area (Å²) < 4.78 is 10.4. The zero-order valence-electron chi connectivity index (χ0n) is 15.3. The molecule has 3 rings (SSSR count). The summed E-state index contributed by atoms with van der Waals surface area (Å²) in [6.07, 6.45) is 0.567. The zero-order valence-corrected chi connectivity index (χ0v) is 16.1. The molecule has 140 valence electrons. The third kappa shape index (κ3) is 5.25. The minimum Gasteiger partial charge on any atom is -0.497 e. The predicted molar refractivity (Wildman–Crippen MR) is 101 cm³/mol. The third-order valence-corrected chi connectivity index (χ3v) is 5.44. The maximum absolute atomic E-state index is 12.4. The van der Waals surface area contributed by atoms with Gasteiger partial charge >= 0.3 is 0 Å². The molecule has 1 aromatic carbocycles. The van der Waals surface area contributed by atoms with Crippen LogP contribution < -0.4 is 4.74 Å². The van der Waals surface area contributed by atoms with Crippen molar-refractivity contribution in [2.24, 2.45) is 0 Å². The van der Waals surface area contributed by atoms with Crippen LogP contribution in [-0.4, -0.2) is 59.9 Å². The van der Waals surface area contributed by atoms with Crippen LogP contribution >= 0.6 is 11.8 Å². The molecule has 1 aromatic heterocycles. The van der Waals surface area contributed by atoms with Crippen molar-refractivity contribution in [1.82, 2.24) is 15.0 Å². The van der Waals surface area contributed by atoms with Gasteiger partial charge in [-0.1, -0.05) is 5.16 Å². The van der Waals surface area contributed by atoms with Gasteiger partial charge in [0.2, 0.25) is 5.91 Å². The fraction of sp³-hybridized carbons (Fsp3) is 0.474. The van der Waals surface area contributed by atoms with Gasteiger partial charge in [0.15, 0.2) is 5.76 Å². The number of hydrogen-bond donors (Lipinski definition) is 0. The minimum absolute atomic E-state index is 0.237. The van der Waals surface area contributed by atoms with E-state index in [-0.39, 0.29) is 5.91 Å². The highest BCUT2D eigenvalue weighted by Gasteiger charge is 2.21. The Hall–Kier alpha value is -1.99. The molecule has 1 amide bonds. The summed E-state index contributed by atoms with van der Waals surface area (Å²) >= 11 is 1.70. The maximum Gasteiger partial charge on any atom is 0.223 e. The number of carbonyl (C=O) groups is 1. The number of nitrogens with zero attached hydrogens (tertiary/aromatic N) is 3. The van der Waals surface area contributed by atoms with Crippen LogP contribution in [0.25, 0.3) is 0 Å². The second-order valence-corrected chi connectivity index (χ2v) is 7.53. The van der Waals surface area contributed by atoms with Crippen LogP contribution in [0.4, 0.5) is 0 Å². The average molecular weight is 375 g/mol. The van der Waals surface area contributed by atoms with Crippen LogP contribution in [0.15, 0.2) is 39.8 Å². The smallest absolute Gasteiger partial charge is 0.223 e. The number of rotatable bonds is 7. The first kappa shape index (κ1) is 18.8. The van der Waals surface area contributed by atoms with E-state index in [1.807, 2.05) is 42.2 Å². The number of piperazine rings is 1. The molecule has 1 saturated heterocycles. The van der Waals surface area contributed by atoms with Gasteiger partial charge < -0.3 is 14.2 Å². The number of thioether (sulfide) groups is 1. The van der Waals surface area contributed by atoms with Gasteiger partial charge in [0.25, 0.3) is 0 Å². The van der Waals surface area contributed by atoms with Crippen molar-refractivity contribution < 1.29 is 14.1 Å². The number of hydrogen-bond acceptors (Lipinski definition) is 6. The fourth-order valence-corrected chi connectivity index (χ4v) is 3.79. The van der Waals surface area contributed by atoms with Gasteiger partial charge in [-0.05, 0) is 31.2 Å². The molecule has 0 bridgehead atoms. The standard InChI is InChI=1S/C19H25N3O3S/c1-15-13-17(25-20-15)14-21-8-10-22(11-9-21)19(23)7-12-26-18-5-3-16(24-2)4-6-18/h3-6,13H,7-12,14H2,1-2H3. The van der Waals surface area contributed by atoms with E-state index in [2.05, 4.69) is 10.1 Å². The van der Waals surface area contributed by atoms with E-state index < -0.39 is 0 Å². The Kier molecular flexibility index (Phi) is 6.57. The summed E-state index contributed by atoms with van der Waals surface area (Å²) in [7, 11) is 1.66. The molecule has 0 aliphatic carbocycles. The highest BCUT2D eigenvalue weighted by atomic mass is 32.2. The largest absolute Gasteiger partial charge is 0.497 e. The Balaban J connectivity index is 1.36. The van der Waals surface area contributed by atoms with Gasteiger partial charge in [-0.15, -0.1) is 11.8 Å². The van der Waals surface area contributed by atoms with Gasteiger partial charge in [0.1, 0.15) is 5.75 Å². The van der Waals surface area contributed by atoms with Crippen LogP contribution in [0, 0.1) is 6.92 Å². The number of methoxy groups -OCH3 is 1. The highest BCUT2D eigenvalue weighted by molar-refractivity contribution is 7.99. The number of amides is 1. The van der Waals surface area contributed by atoms with Gasteiger partial charge in [-0.3, -0.25) is 9.69 Å². The Morgan fingerprint density at radius 1 is 1.23 bits per heavy atom.